The molecule has 0 spiro atoms. The van der Waals surface area contributed by atoms with Crippen LogP contribution in [0, 0.1) is 0 Å². The van der Waals surface area contributed by atoms with Gasteiger partial charge in [0.05, 0.1) is 17.8 Å². The van der Waals surface area contributed by atoms with Crippen molar-refractivity contribution in [2.45, 2.75) is 25.5 Å². The summed E-state index contributed by atoms with van der Waals surface area (Å²) in [4.78, 5) is 6.55. The minimum atomic E-state index is 0.198. The van der Waals surface area contributed by atoms with Gasteiger partial charge in [0.15, 0.2) is 0 Å². The van der Waals surface area contributed by atoms with Crippen molar-refractivity contribution in [3.8, 4) is 0 Å². The summed E-state index contributed by atoms with van der Waals surface area (Å²) in [7, 11) is 1.98. The summed E-state index contributed by atoms with van der Waals surface area (Å²) in [5.41, 5.74) is 3.55. The second-order valence-electron chi connectivity index (χ2n) is 4.46. The van der Waals surface area contributed by atoms with Gasteiger partial charge >= 0.3 is 0 Å². The fourth-order valence-corrected chi connectivity index (χ4v) is 2.22. The van der Waals surface area contributed by atoms with Gasteiger partial charge in [0.2, 0.25) is 5.96 Å². The number of nitrogens with two attached hydrogens (primary N) is 1. The number of ether oxygens (including phenoxy) is 1. The molecule has 18 heavy (non-hydrogen) atoms. The molecule has 2 rings (SSSR count). The summed E-state index contributed by atoms with van der Waals surface area (Å²) >= 11 is 0. The Balaban J connectivity index is 2.15. The Labute approximate surface area is 108 Å². The molecule has 5 heteroatoms. The fourth-order valence-electron chi connectivity index (χ4n) is 2.22. The van der Waals surface area contributed by atoms with Crippen LogP contribution in [0.1, 0.15) is 13.3 Å². The Morgan fingerprint density at radius 2 is 2.17 bits per heavy atom. The molecule has 2 unspecified atom stereocenters. The van der Waals surface area contributed by atoms with Crippen molar-refractivity contribution in [3.05, 3.63) is 30.3 Å². The van der Waals surface area contributed by atoms with E-state index in [-0.39, 0.29) is 6.10 Å². The summed E-state index contributed by atoms with van der Waals surface area (Å²) in [6.07, 6.45) is 1.19. The molecule has 1 aliphatic rings. The molecule has 0 aliphatic carbocycles. The first kappa shape index (κ1) is 12.9. The predicted molar refractivity (Wildman–Crippen MR) is 72.4 cm³/mol. The van der Waals surface area contributed by atoms with Gasteiger partial charge in [-0.2, -0.15) is 0 Å². The van der Waals surface area contributed by atoms with Gasteiger partial charge in [0.25, 0.3) is 0 Å². The number of nitrogens with zero attached hydrogens (tertiary/aromatic N) is 2. The third-order valence-corrected chi connectivity index (χ3v) is 3.29. The molecule has 3 N–H and O–H groups in total. The maximum absolute atomic E-state index is 5.57. The van der Waals surface area contributed by atoms with Crippen molar-refractivity contribution < 1.29 is 4.74 Å². The third kappa shape index (κ3) is 2.80. The largest absolute Gasteiger partial charge is 0.376 e. The lowest BCUT2D eigenvalue weighted by molar-refractivity contribution is 0.0992. The highest BCUT2D eigenvalue weighted by Crippen LogP contribution is 2.19. The van der Waals surface area contributed by atoms with E-state index in [0.717, 1.165) is 18.7 Å². The van der Waals surface area contributed by atoms with Gasteiger partial charge in [-0.1, -0.05) is 18.2 Å². The first-order valence-electron chi connectivity index (χ1n) is 6.17. The number of para-hydroxylation sites is 1. The number of rotatable bonds is 2. The van der Waals surface area contributed by atoms with E-state index in [1.807, 2.05) is 42.3 Å². The normalized spacial score (nSPS) is 24.1. The monoisotopic (exact) mass is 248 g/mol. The third-order valence-electron chi connectivity index (χ3n) is 3.29. The maximum atomic E-state index is 5.57. The predicted octanol–water partition coefficient (Wildman–Crippen LogP) is 1.25. The highest BCUT2D eigenvalue weighted by atomic mass is 16.5. The van der Waals surface area contributed by atoms with Crippen LogP contribution >= 0.6 is 0 Å². The molecule has 0 saturated carbocycles. The average Bonchev–Trinajstić information content (AvgIpc) is 2.82. The number of likely N-dealkylation sites (N-methyl/N-ethyl adjacent to an activating group) is 1. The lowest BCUT2D eigenvalue weighted by Crippen LogP contribution is -2.49. The first-order valence-corrected chi connectivity index (χ1v) is 6.17. The molecule has 1 aromatic rings. The maximum Gasteiger partial charge on any atom is 0.213 e. The number of hydrogen-bond donors (Lipinski definition) is 2. The minimum Gasteiger partial charge on any atom is -0.376 e. The summed E-state index contributed by atoms with van der Waals surface area (Å²) in [5, 5.41) is 0. The van der Waals surface area contributed by atoms with Crippen LogP contribution < -0.4 is 11.3 Å². The van der Waals surface area contributed by atoms with Crippen LogP contribution in [0.4, 0.5) is 5.69 Å². The van der Waals surface area contributed by atoms with Gasteiger partial charge < -0.3 is 9.64 Å². The number of hydrazine groups is 1. The summed E-state index contributed by atoms with van der Waals surface area (Å²) < 4.78 is 5.57. The molecule has 1 aromatic carbocycles. The van der Waals surface area contributed by atoms with E-state index in [1.54, 1.807) is 0 Å². The highest BCUT2D eigenvalue weighted by molar-refractivity contribution is 5.82. The first-order chi connectivity index (χ1) is 8.72. The molecule has 0 radical (unpaired) electrons. The van der Waals surface area contributed by atoms with E-state index in [4.69, 9.17) is 10.6 Å². The van der Waals surface area contributed by atoms with Crippen LogP contribution in [-0.4, -0.2) is 36.7 Å². The van der Waals surface area contributed by atoms with Crippen molar-refractivity contribution >= 4 is 11.6 Å². The number of aliphatic imine (C=N–C) groups is 1. The molecule has 1 saturated heterocycles. The molecule has 0 aromatic heterocycles. The molecule has 1 fully saturated rings. The summed E-state index contributed by atoms with van der Waals surface area (Å²) in [6, 6.07) is 10.1. The van der Waals surface area contributed by atoms with Crippen molar-refractivity contribution in [3.63, 3.8) is 0 Å². The summed E-state index contributed by atoms with van der Waals surface area (Å²) in [5.74, 6) is 6.23. The van der Waals surface area contributed by atoms with Crippen molar-refractivity contribution in [1.82, 2.24) is 10.3 Å². The molecule has 0 bridgehead atoms. The van der Waals surface area contributed by atoms with Crippen molar-refractivity contribution in [2.24, 2.45) is 10.8 Å². The highest BCUT2D eigenvalue weighted by Gasteiger charge is 2.29. The lowest BCUT2D eigenvalue weighted by atomic mass is 10.1. The van der Waals surface area contributed by atoms with Crippen LogP contribution in [0.15, 0.2) is 35.3 Å². The van der Waals surface area contributed by atoms with Gasteiger partial charge in [0, 0.05) is 13.7 Å². The smallest absolute Gasteiger partial charge is 0.213 e. The van der Waals surface area contributed by atoms with E-state index >= 15 is 0 Å². The van der Waals surface area contributed by atoms with Crippen molar-refractivity contribution in [1.29, 1.82) is 0 Å². The topological polar surface area (TPSA) is 62.9 Å². The van der Waals surface area contributed by atoms with Gasteiger partial charge in [-0.15, -0.1) is 0 Å². The van der Waals surface area contributed by atoms with Crippen molar-refractivity contribution in [2.75, 3.05) is 13.7 Å². The second kappa shape index (κ2) is 5.84. The number of benzene rings is 1. The quantitative estimate of drug-likeness (QED) is 0.358. The van der Waals surface area contributed by atoms with Crippen LogP contribution in [-0.2, 0) is 4.74 Å². The second-order valence-corrected chi connectivity index (χ2v) is 4.46. The van der Waals surface area contributed by atoms with Gasteiger partial charge in [-0.05, 0) is 25.5 Å². The van der Waals surface area contributed by atoms with Crippen LogP contribution in [0.2, 0.25) is 0 Å². The zero-order chi connectivity index (χ0) is 13.0. The van der Waals surface area contributed by atoms with E-state index in [9.17, 15) is 0 Å². The molecule has 2 atom stereocenters. The van der Waals surface area contributed by atoms with Crippen LogP contribution in [0.25, 0.3) is 0 Å². The lowest BCUT2D eigenvalue weighted by Gasteiger charge is -2.29. The molecule has 1 aliphatic heterocycles. The van der Waals surface area contributed by atoms with Gasteiger partial charge in [-0.25, -0.2) is 10.8 Å². The van der Waals surface area contributed by atoms with E-state index in [0.29, 0.717) is 12.0 Å². The molecule has 1 heterocycles. The van der Waals surface area contributed by atoms with Crippen LogP contribution in [0.3, 0.4) is 0 Å². The molecule has 0 amide bonds. The summed E-state index contributed by atoms with van der Waals surface area (Å²) in [6.45, 7) is 2.87. The number of hydrogen-bond acceptors (Lipinski definition) is 3. The van der Waals surface area contributed by atoms with Gasteiger partial charge in [0.1, 0.15) is 0 Å². The van der Waals surface area contributed by atoms with Crippen LogP contribution in [0.5, 0.6) is 0 Å². The Bertz CT molecular complexity index is 407. The molecular weight excluding hydrogens is 228 g/mol. The average molecular weight is 248 g/mol. The zero-order valence-electron chi connectivity index (χ0n) is 10.8. The van der Waals surface area contributed by atoms with E-state index < -0.39 is 0 Å². The van der Waals surface area contributed by atoms with Gasteiger partial charge in [-0.3, -0.25) is 5.43 Å². The van der Waals surface area contributed by atoms with E-state index in [1.165, 1.54) is 0 Å². The number of guanidine groups is 1. The Hall–Kier alpha value is -1.59. The molecule has 98 valence electrons. The van der Waals surface area contributed by atoms with E-state index in [2.05, 4.69) is 17.3 Å². The SMILES string of the molecule is CC1OCCC1N(C)C(=Nc1ccccc1)NN. The fraction of sp³-hybridized carbons (Fsp3) is 0.462. The Kier molecular flexibility index (Phi) is 4.17. The molecule has 5 nitrogen and oxygen atoms in total. The minimum absolute atomic E-state index is 0.198. The molecular formula is C13H20N4O. The Morgan fingerprint density at radius 3 is 2.72 bits per heavy atom. The number of nitrogens with one attached hydrogen (secondary N) is 1. The Morgan fingerprint density at radius 1 is 1.44 bits per heavy atom. The standard InChI is InChI=1S/C13H20N4O/c1-10-12(8-9-18-10)17(2)13(16-14)15-11-6-4-3-5-7-11/h3-7,10,12H,8-9,14H2,1-2H3,(H,15,16). The zero-order valence-corrected chi connectivity index (χ0v) is 10.8.